The third-order valence-corrected chi connectivity index (χ3v) is 2.11. The Hall–Kier alpha value is -1.44. The first-order chi connectivity index (χ1) is 6.40. The number of hydrogen-bond donors (Lipinski definition) is 0. The van der Waals surface area contributed by atoms with E-state index < -0.39 is 0 Å². The highest BCUT2D eigenvalue weighted by Gasteiger charge is 1.95. The lowest BCUT2D eigenvalue weighted by molar-refractivity contribution is 0.923. The van der Waals surface area contributed by atoms with E-state index in [1.54, 1.807) is 6.33 Å². The van der Waals surface area contributed by atoms with Gasteiger partial charge in [-0.1, -0.05) is 19.4 Å². The molecule has 0 spiro atoms. The van der Waals surface area contributed by atoms with E-state index >= 15 is 0 Å². The third-order valence-electron chi connectivity index (χ3n) is 2.11. The molecule has 2 nitrogen and oxygen atoms in total. The average Bonchev–Trinajstić information content (AvgIpc) is 2.18. The Morgan fingerprint density at radius 2 is 2.23 bits per heavy atom. The maximum absolute atomic E-state index is 4.17. The van der Waals surface area contributed by atoms with Crippen LogP contribution < -0.4 is 0 Å². The molecular formula is C11H12N2. The summed E-state index contributed by atoms with van der Waals surface area (Å²) in [5.41, 5.74) is 2.39. The van der Waals surface area contributed by atoms with Gasteiger partial charge in [-0.25, -0.2) is 9.97 Å². The predicted molar refractivity (Wildman–Crippen MR) is 53.5 cm³/mol. The highest BCUT2D eigenvalue weighted by Crippen LogP contribution is 2.13. The molecule has 0 N–H and O–H groups in total. The van der Waals surface area contributed by atoms with E-state index in [-0.39, 0.29) is 0 Å². The van der Waals surface area contributed by atoms with Gasteiger partial charge in [0.25, 0.3) is 0 Å². The minimum Gasteiger partial charge on any atom is -0.244 e. The minimum atomic E-state index is 1.02. The van der Waals surface area contributed by atoms with E-state index in [0.717, 1.165) is 17.3 Å². The second kappa shape index (κ2) is 3.52. The van der Waals surface area contributed by atoms with E-state index in [0.29, 0.717) is 0 Å². The first kappa shape index (κ1) is 8.17. The Labute approximate surface area is 77.6 Å². The average molecular weight is 172 g/mol. The van der Waals surface area contributed by atoms with Crippen LogP contribution in [0.4, 0.5) is 0 Å². The van der Waals surface area contributed by atoms with Gasteiger partial charge >= 0.3 is 0 Å². The van der Waals surface area contributed by atoms with Gasteiger partial charge in [-0.15, -0.1) is 0 Å². The summed E-state index contributed by atoms with van der Waals surface area (Å²) in [4.78, 5) is 8.17. The van der Waals surface area contributed by atoms with Crippen molar-refractivity contribution >= 4 is 10.9 Å². The highest BCUT2D eigenvalue weighted by molar-refractivity contribution is 5.77. The number of nitrogens with zero attached hydrogens (tertiary/aromatic N) is 2. The van der Waals surface area contributed by atoms with E-state index in [9.17, 15) is 0 Å². The van der Waals surface area contributed by atoms with Gasteiger partial charge in [0.2, 0.25) is 0 Å². The Morgan fingerprint density at radius 1 is 1.31 bits per heavy atom. The van der Waals surface area contributed by atoms with Crippen molar-refractivity contribution in [2.75, 3.05) is 0 Å². The highest BCUT2D eigenvalue weighted by atomic mass is 14.8. The van der Waals surface area contributed by atoms with Crippen LogP contribution in [0.15, 0.2) is 30.7 Å². The van der Waals surface area contributed by atoms with Gasteiger partial charge in [0.15, 0.2) is 0 Å². The van der Waals surface area contributed by atoms with Crippen LogP contribution in [0.3, 0.4) is 0 Å². The SMILES string of the molecule is CCCc1ccc2ncncc2c1. The van der Waals surface area contributed by atoms with Crippen LogP contribution in [-0.4, -0.2) is 9.97 Å². The minimum absolute atomic E-state index is 1.02. The first-order valence-corrected chi connectivity index (χ1v) is 4.59. The van der Waals surface area contributed by atoms with Crippen molar-refractivity contribution in [3.63, 3.8) is 0 Å². The Kier molecular flexibility index (Phi) is 2.21. The second-order valence-corrected chi connectivity index (χ2v) is 3.17. The van der Waals surface area contributed by atoms with Crippen LogP contribution >= 0.6 is 0 Å². The molecule has 0 atom stereocenters. The summed E-state index contributed by atoms with van der Waals surface area (Å²) < 4.78 is 0. The van der Waals surface area contributed by atoms with Crippen molar-refractivity contribution in [2.24, 2.45) is 0 Å². The molecule has 0 bridgehead atoms. The summed E-state index contributed by atoms with van der Waals surface area (Å²) >= 11 is 0. The largest absolute Gasteiger partial charge is 0.244 e. The van der Waals surface area contributed by atoms with Crippen molar-refractivity contribution in [3.8, 4) is 0 Å². The van der Waals surface area contributed by atoms with Crippen LogP contribution in [0.25, 0.3) is 10.9 Å². The van der Waals surface area contributed by atoms with Crippen LogP contribution in [0.5, 0.6) is 0 Å². The third kappa shape index (κ3) is 1.66. The molecule has 0 aliphatic carbocycles. The Morgan fingerprint density at radius 3 is 3.08 bits per heavy atom. The Balaban J connectivity index is 2.49. The molecule has 66 valence electrons. The molecule has 0 aliphatic heterocycles. The Bertz CT molecular complexity index is 410. The zero-order valence-electron chi connectivity index (χ0n) is 7.70. The van der Waals surface area contributed by atoms with Crippen molar-refractivity contribution in [1.29, 1.82) is 0 Å². The fourth-order valence-electron chi connectivity index (χ4n) is 1.48. The fraction of sp³-hybridized carbons (Fsp3) is 0.273. The summed E-state index contributed by atoms with van der Waals surface area (Å²) in [6.45, 7) is 2.19. The van der Waals surface area contributed by atoms with Crippen LogP contribution in [0, 0.1) is 0 Å². The predicted octanol–water partition coefficient (Wildman–Crippen LogP) is 2.58. The number of rotatable bonds is 2. The molecule has 0 aliphatic rings. The number of aromatic nitrogens is 2. The van der Waals surface area contributed by atoms with Crippen LogP contribution in [-0.2, 0) is 6.42 Å². The molecule has 1 aromatic carbocycles. The topological polar surface area (TPSA) is 25.8 Å². The molecule has 13 heavy (non-hydrogen) atoms. The van der Waals surface area contributed by atoms with E-state index in [1.165, 1.54) is 12.0 Å². The standard InChI is InChI=1S/C11H12N2/c1-2-3-9-4-5-11-10(6-9)7-12-8-13-11/h4-8H,2-3H2,1H3. The molecule has 0 unspecified atom stereocenters. The zero-order valence-corrected chi connectivity index (χ0v) is 7.70. The van der Waals surface area contributed by atoms with E-state index in [2.05, 4.69) is 35.1 Å². The number of hydrogen-bond acceptors (Lipinski definition) is 2. The van der Waals surface area contributed by atoms with Gasteiger partial charge in [-0.2, -0.15) is 0 Å². The van der Waals surface area contributed by atoms with Crippen molar-refractivity contribution in [3.05, 3.63) is 36.3 Å². The van der Waals surface area contributed by atoms with E-state index in [1.807, 2.05) is 6.20 Å². The van der Waals surface area contributed by atoms with Gasteiger partial charge in [0, 0.05) is 11.6 Å². The smallest absolute Gasteiger partial charge is 0.116 e. The van der Waals surface area contributed by atoms with Gasteiger partial charge < -0.3 is 0 Å². The quantitative estimate of drug-likeness (QED) is 0.695. The van der Waals surface area contributed by atoms with Gasteiger partial charge in [0.1, 0.15) is 6.33 Å². The number of fused-ring (bicyclic) bond motifs is 1. The molecule has 0 saturated carbocycles. The van der Waals surface area contributed by atoms with Gasteiger partial charge in [0.05, 0.1) is 5.52 Å². The monoisotopic (exact) mass is 172 g/mol. The molecule has 0 fully saturated rings. The van der Waals surface area contributed by atoms with Crippen LogP contribution in [0.2, 0.25) is 0 Å². The molecular weight excluding hydrogens is 160 g/mol. The van der Waals surface area contributed by atoms with Gasteiger partial charge in [-0.3, -0.25) is 0 Å². The molecule has 0 radical (unpaired) electrons. The van der Waals surface area contributed by atoms with Gasteiger partial charge in [-0.05, 0) is 24.1 Å². The summed E-state index contributed by atoms with van der Waals surface area (Å²) in [5.74, 6) is 0. The van der Waals surface area contributed by atoms with Crippen molar-refractivity contribution in [2.45, 2.75) is 19.8 Å². The molecule has 1 aromatic heterocycles. The van der Waals surface area contributed by atoms with Crippen LogP contribution in [0.1, 0.15) is 18.9 Å². The number of aryl methyl sites for hydroxylation is 1. The molecule has 0 saturated heterocycles. The summed E-state index contributed by atoms with van der Waals surface area (Å²) in [7, 11) is 0. The number of benzene rings is 1. The summed E-state index contributed by atoms with van der Waals surface area (Å²) in [6, 6.07) is 6.36. The lowest BCUT2D eigenvalue weighted by atomic mass is 10.1. The molecule has 2 heteroatoms. The summed E-state index contributed by atoms with van der Waals surface area (Å²) in [6.07, 6.45) is 5.76. The molecule has 0 amide bonds. The maximum atomic E-state index is 4.17. The maximum Gasteiger partial charge on any atom is 0.116 e. The summed E-state index contributed by atoms with van der Waals surface area (Å²) in [5, 5.41) is 1.13. The molecule has 2 rings (SSSR count). The first-order valence-electron chi connectivity index (χ1n) is 4.59. The molecule has 2 aromatic rings. The lowest BCUT2D eigenvalue weighted by Crippen LogP contribution is -1.85. The zero-order chi connectivity index (χ0) is 9.10. The van der Waals surface area contributed by atoms with Crippen molar-refractivity contribution < 1.29 is 0 Å². The second-order valence-electron chi connectivity index (χ2n) is 3.17. The van der Waals surface area contributed by atoms with Crippen molar-refractivity contribution in [1.82, 2.24) is 9.97 Å². The fourth-order valence-corrected chi connectivity index (χ4v) is 1.48. The van der Waals surface area contributed by atoms with E-state index in [4.69, 9.17) is 0 Å². The normalized spacial score (nSPS) is 10.5. The lowest BCUT2D eigenvalue weighted by Gasteiger charge is -2.00. The molecule has 1 heterocycles.